The highest BCUT2D eigenvalue weighted by Crippen LogP contribution is 2.46. The van der Waals surface area contributed by atoms with Crippen LogP contribution in [0, 0.1) is 0 Å². The number of aliphatic carboxylic acids is 1. The van der Waals surface area contributed by atoms with Gasteiger partial charge in [0.05, 0.1) is 5.69 Å². The Labute approximate surface area is 205 Å². The quantitative estimate of drug-likeness (QED) is 0.476. The molecule has 0 spiro atoms. The van der Waals surface area contributed by atoms with Crippen LogP contribution >= 0.6 is 0 Å². The van der Waals surface area contributed by atoms with Crippen molar-refractivity contribution in [3.05, 3.63) is 47.5 Å². The van der Waals surface area contributed by atoms with Crippen LogP contribution in [0.3, 0.4) is 0 Å². The van der Waals surface area contributed by atoms with Crippen molar-refractivity contribution in [2.45, 2.75) is 89.5 Å². The summed E-state index contributed by atoms with van der Waals surface area (Å²) in [5.41, 5.74) is 5.65. The molecule has 0 atom stereocenters. The number of benzene rings is 1. The minimum Gasteiger partial charge on any atom is -0.481 e. The predicted molar refractivity (Wildman–Crippen MR) is 140 cm³/mol. The minimum atomic E-state index is -0.703. The number of carbonyl (C=O) groups is 1. The number of nitrogens with zero attached hydrogens (tertiary/aromatic N) is 2. The number of pyridine rings is 1. The van der Waals surface area contributed by atoms with Crippen LogP contribution in [-0.2, 0) is 15.6 Å². The molecule has 0 radical (unpaired) electrons. The first-order valence-corrected chi connectivity index (χ1v) is 13.0. The fourth-order valence-corrected chi connectivity index (χ4v) is 5.53. The van der Waals surface area contributed by atoms with Crippen LogP contribution in [0.1, 0.15) is 83.8 Å². The Bertz CT molecular complexity index is 1010. The van der Waals surface area contributed by atoms with Gasteiger partial charge in [0.2, 0.25) is 0 Å². The molecule has 0 saturated carbocycles. The first-order valence-electron chi connectivity index (χ1n) is 13.0. The summed E-state index contributed by atoms with van der Waals surface area (Å²) in [4.78, 5) is 18.1. The van der Waals surface area contributed by atoms with Crippen molar-refractivity contribution >= 4 is 11.8 Å². The van der Waals surface area contributed by atoms with Crippen LogP contribution in [0.25, 0.3) is 11.3 Å². The van der Waals surface area contributed by atoms with Gasteiger partial charge in [-0.3, -0.25) is 4.79 Å². The Hall–Kier alpha value is -2.40. The van der Waals surface area contributed by atoms with E-state index in [9.17, 15) is 4.79 Å². The Morgan fingerprint density at radius 1 is 1.03 bits per heavy atom. The number of carboxylic acid groups (broad SMARTS) is 1. The fraction of sp³-hybridized carbons (Fsp3) is 0.586. The second kappa shape index (κ2) is 10.1. The van der Waals surface area contributed by atoms with Gasteiger partial charge in [-0.25, -0.2) is 4.98 Å². The maximum atomic E-state index is 10.6. The molecule has 0 amide bonds. The molecule has 2 aliphatic rings. The molecule has 1 fully saturated rings. The molecular formula is C29H41N3O2. The third-order valence-electron chi connectivity index (χ3n) is 7.95. The number of carboxylic acids is 1. The van der Waals surface area contributed by atoms with Crippen LogP contribution in [0.15, 0.2) is 36.4 Å². The molecule has 2 heterocycles. The van der Waals surface area contributed by atoms with Crippen molar-refractivity contribution < 1.29 is 9.90 Å². The fourth-order valence-electron chi connectivity index (χ4n) is 5.53. The number of anilines is 1. The van der Waals surface area contributed by atoms with Crippen molar-refractivity contribution in [2.24, 2.45) is 0 Å². The van der Waals surface area contributed by atoms with Gasteiger partial charge in [-0.05, 0) is 85.2 Å². The molecule has 5 nitrogen and oxygen atoms in total. The first-order chi connectivity index (χ1) is 16.2. The standard InChI is InChI=1S/C29H41N3O2/c1-28(2)15-16-29(3,4)24-20-21(11-12-23(24)28)25-8-7-9-26(31-25)32-18-13-22(14-19-32)30-17-6-5-10-27(33)34/h7-9,11-12,20,22,30H,5-6,10,13-19H2,1-4H3,(H,33,34). The lowest BCUT2D eigenvalue weighted by atomic mass is 9.63. The number of nitrogens with one attached hydrogen (secondary N) is 1. The van der Waals surface area contributed by atoms with Crippen LogP contribution in [-0.4, -0.2) is 41.7 Å². The van der Waals surface area contributed by atoms with Crippen LogP contribution in [0.5, 0.6) is 0 Å². The Morgan fingerprint density at radius 2 is 1.74 bits per heavy atom. The Kier molecular flexibility index (Phi) is 7.32. The van der Waals surface area contributed by atoms with E-state index in [0.717, 1.165) is 56.8 Å². The van der Waals surface area contributed by atoms with Crippen molar-refractivity contribution in [2.75, 3.05) is 24.5 Å². The lowest BCUT2D eigenvalue weighted by Gasteiger charge is -2.42. The first kappa shape index (κ1) is 24.7. The zero-order chi connectivity index (χ0) is 24.3. The van der Waals surface area contributed by atoms with E-state index in [1.165, 1.54) is 29.5 Å². The van der Waals surface area contributed by atoms with Gasteiger partial charge in [-0.2, -0.15) is 0 Å². The van der Waals surface area contributed by atoms with Crippen LogP contribution < -0.4 is 10.2 Å². The van der Waals surface area contributed by atoms with E-state index in [0.29, 0.717) is 6.04 Å². The molecule has 1 aromatic heterocycles. The second-order valence-electron chi connectivity index (χ2n) is 11.5. The molecule has 1 aliphatic heterocycles. The lowest BCUT2D eigenvalue weighted by Crippen LogP contribution is -2.43. The summed E-state index contributed by atoms with van der Waals surface area (Å²) in [6, 6.07) is 13.9. The van der Waals surface area contributed by atoms with Crippen molar-refractivity contribution in [3.63, 3.8) is 0 Å². The molecular weight excluding hydrogens is 422 g/mol. The summed E-state index contributed by atoms with van der Waals surface area (Å²) in [7, 11) is 0. The maximum absolute atomic E-state index is 10.6. The number of aromatic nitrogens is 1. The van der Waals surface area contributed by atoms with Crippen molar-refractivity contribution in [3.8, 4) is 11.3 Å². The largest absolute Gasteiger partial charge is 0.481 e. The summed E-state index contributed by atoms with van der Waals surface area (Å²) in [6.45, 7) is 12.4. The molecule has 184 valence electrons. The molecule has 34 heavy (non-hydrogen) atoms. The summed E-state index contributed by atoms with van der Waals surface area (Å²) < 4.78 is 0. The van der Waals surface area contributed by atoms with Crippen LogP contribution in [0.2, 0.25) is 0 Å². The van der Waals surface area contributed by atoms with Gasteiger partial charge in [0.1, 0.15) is 5.82 Å². The number of hydrogen-bond donors (Lipinski definition) is 2. The Morgan fingerprint density at radius 3 is 2.44 bits per heavy atom. The topological polar surface area (TPSA) is 65.5 Å². The van der Waals surface area contributed by atoms with Crippen LogP contribution in [0.4, 0.5) is 5.82 Å². The van der Waals surface area contributed by atoms with Crippen molar-refractivity contribution in [1.29, 1.82) is 0 Å². The second-order valence-corrected chi connectivity index (χ2v) is 11.5. The molecule has 1 saturated heterocycles. The molecule has 0 unspecified atom stereocenters. The maximum Gasteiger partial charge on any atom is 0.303 e. The monoisotopic (exact) mass is 463 g/mol. The number of hydrogen-bond acceptors (Lipinski definition) is 4. The highest BCUT2D eigenvalue weighted by molar-refractivity contribution is 5.66. The smallest absolute Gasteiger partial charge is 0.303 e. The zero-order valence-electron chi connectivity index (χ0n) is 21.4. The summed E-state index contributed by atoms with van der Waals surface area (Å²) in [5.74, 6) is 0.362. The highest BCUT2D eigenvalue weighted by atomic mass is 16.4. The summed E-state index contributed by atoms with van der Waals surface area (Å²) in [6.07, 6.45) is 6.56. The van der Waals surface area contributed by atoms with Gasteiger partial charge in [-0.1, -0.05) is 45.9 Å². The molecule has 4 rings (SSSR count). The lowest BCUT2D eigenvalue weighted by molar-refractivity contribution is -0.137. The normalized spacial score (nSPS) is 19.6. The van der Waals surface area contributed by atoms with Gasteiger partial charge in [0, 0.05) is 31.1 Å². The molecule has 0 bridgehead atoms. The van der Waals surface area contributed by atoms with Gasteiger partial charge in [0.25, 0.3) is 0 Å². The van der Waals surface area contributed by atoms with E-state index in [1.807, 2.05) is 0 Å². The Balaban J connectivity index is 1.40. The summed E-state index contributed by atoms with van der Waals surface area (Å²) >= 11 is 0. The third kappa shape index (κ3) is 5.63. The highest BCUT2D eigenvalue weighted by Gasteiger charge is 2.37. The minimum absolute atomic E-state index is 0.195. The molecule has 5 heteroatoms. The van der Waals surface area contributed by atoms with Gasteiger partial charge in [-0.15, -0.1) is 0 Å². The molecule has 2 aromatic rings. The SMILES string of the molecule is CC1(C)CCC(C)(C)c2cc(-c3cccc(N4CCC(NCCCCC(=O)O)CC4)n3)ccc21. The van der Waals surface area contributed by atoms with Crippen molar-refractivity contribution in [1.82, 2.24) is 10.3 Å². The van der Waals surface area contributed by atoms with E-state index in [-0.39, 0.29) is 17.3 Å². The number of unbranched alkanes of at least 4 members (excludes halogenated alkanes) is 1. The van der Waals surface area contributed by atoms with E-state index < -0.39 is 5.97 Å². The van der Waals surface area contributed by atoms with E-state index in [4.69, 9.17) is 10.1 Å². The van der Waals surface area contributed by atoms with E-state index in [1.54, 1.807) is 0 Å². The average molecular weight is 464 g/mol. The van der Waals surface area contributed by atoms with Gasteiger partial charge >= 0.3 is 5.97 Å². The number of rotatable bonds is 8. The van der Waals surface area contributed by atoms with E-state index >= 15 is 0 Å². The molecule has 1 aromatic carbocycles. The third-order valence-corrected chi connectivity index (χ3v) is 7.95. The number of fused-ring (bicyclic) bond motifs is 1. The number of piperidine rings is 1. The van der Waals surface area contributed by atoms with Gasteiger partial charge in [0.15, 0.2) is 0 Å². The van der Waals surface area contributed by atoms with E-state index in [2.05, 4.69) is 74.3 Å². The predicted octanol–water partition coefficient (Wildman–Crippen LogP) is 5.91. The zero-order valence-corrected chi connectivity index (χ0v) is 21.4. The average Bonchev–Trinajstić information content (AvgIpc) is 2.82. The molecule has 2 N–H and O–H groups in total. The molecule has 1 aliphatic carbocycles. The summed E-state index contributed by atoms with van der Waals surface area (Å²) in [5, 5.41) is 12.4. The van der Waals surface area contributed by atoms with Gasteiger partial charge < -0.3 is 15.3 Å².